The van der Waals surface area contributed by atoms with Gasteiger partial charge in [-0.15, -0.1) is 0 Å². The standard InChI is InChI=1S/C26H28N4O2/c1-2-20-12-14-21(15-13-20)32-18-8-7-17-30-24-11-4-3-9-22(24)29-25(30)19-28-26(31)23-10-5-6-16-27-23/h3-6,9-16H,2,7-8,17-19H2,1H3,(H,28,31). The highest BCUT2D eigenvalue weighted by Gasteiger charge is 2.12. The first kappa shape index (κ1) is 21.6. The van der Waals surface area contributed by atoms with Crippen LogP contribution in [0.5, 0.6) is 5.75 Å². The van der Waals surface area contributed by atoms with Crippen molar-refractivity contribution in [2.24, 2.45) is 0 Å². The maximum Gasteiger partial charge on any atom is 0.270 e. The van der Waals surface area contributed by atoms with Crippen LogP contribution in [0.25, 0.3) is 11.0 Å². The average Bonchev–Trinajstić information content (AvgIpc) is 3.20. The van der Waals surface area contributed by atoms with E-state index in [0.29, 0.717) is 18.8 Å². The molecular formula is C26H28N4O2. The number of unbranched alkanes of at least 4 members (excludes halogenated alkanes) is 1. The molecular weight excluding hydrogens is 400 g/mol. The molecule has 0 saturated carbocycles. The average molecular weight is 429 g/mol. The molecule has 2 aromatic heterocycles. The topological polar surface area (TPSA) is 69.0 Å². The molecule has 4 rings (SSSR count). The Morgan fingerprint density at radius 3 is 2.59 bits per heavy atom. The molecule has 0 atom stereocenters. The molecule has 4 aromatic rings. The fraction of sp³-hybridized carbons (Fsp3) is 0.269. The number of carbonyl (C=O) groups excluding carboxylic acids is 1. The number of nitrogens with one attached hydrogen (secondary N) is 1. The van der Waals surface area contributed by atoms with Gasteiger partial charge in [-0.25, -0.2) is 4.98 Å². The van der Waals surface area contributed by atoms with E-state index in [9.17, 15) is 4.79 Å². The smallest absolute Gasteiger partial charge is 0.270 e. The van der Waals surface area contributed by atoms with Crippen LogP contribution in [0.1, 0.15) is 41.6 Å². The summed E-state index contributed by atoms with van der Waals surface area (Å²) >= 11 is 0. The third kappa shape index (κ3) is 5.32. The molecule has 6 nitrogen and oxygen atoms in total. The van der Waals surface area contributed by atoms with Crippen LogP contribution >= 0.6 is 0 Å². The summed E-state index contributed by atoms with van der Waals surface area (Å²) < 4.78 is 8.07. The number of imidazole rings is 1. The van der Waals surface area contributed by atoms with Crippen LogP contribution in [0.4, 0.5) is 0 Å². The molecule has 0 aliphatic rings. The molecule has 0 aliphatic carbocycles. The van der Waals surface area contributed by atoms with Gasteiger partial charge in [0, 0.05) is 12.7 Å². The van der Waals surface area contributed by atoms with E-state index in [1.165, 1.54) is 5.56 Å². The van der Waals surface area contributed by atoms with Crippen molar-refractivity contribution in [2.75, 3.05) is 6.61 Å². The number of nitrogens with zero attached hydrogens (tertiary/aromatic N) is 3. The highest BCUT2D eigenvalue weighted by Crippen LogP contribution is 2.18. The second-order valence-corrected chi connectivity index (χ2v) is 7.62. The number of fused-ring (bicyclic) bond motifs is 1. The summed E-state index contributed by atoms with van der Waals surface area (Å²) in [6.45, 7) is 3.98. The van der Waals surface area contributed by atoms with Gasteiger partial charge >= 0.3 is 0 Å². The van der Waals surface area contributed by atoms with Crippen LogP contribution in [0.15, 0.2) is 72.9 Å². The van der Waals surface area contributed by atoms with Gasteiger partial charge in [-0.3, -0.25) is 9.78 Å². The number of aryl methyl sites for hydroxylation is 2. The first-order valence-electron chi connectivity index (χ1n) is 11.1. The van der Waals surface area contributed by atoms with Crippen LogP contribution in [-0.2, 0) is 19.5 Å². The molecule has 0 fully saturated rings. The van der Waals surface area contributed by atoms with E-state index in [4.69, 9.17) is 9.72 Å². The van der Waals surface area contributed by atoms with Gasteiger partial charge < -0.3 is 14.6 Å². The Labute approximate surface area is 188 Å². The lowest BCUT2D eigenvalue weighted by atomic mass is 10.2. The van der Waals surface area contributed by atoms with E-state index < -0.39 is 0 Å². The van der Waals surface area contributed by atoms with Crippen molar-refractivity contribution < 1.29 is 9.53 Å². The van der Waals surface area contributed by atoms with Crippen LogP contribution in [0.3, 0.4) is 0 Å². The summed E-state index contributed by atoms with van der Waals surface area (Å²) in [6, 6.07) is 21.6. The zero-order valence-electron chi connectivity index (χ0n) is 18.3. The van der Waals surface area contributed by atoms with Crippen molar-refractivity contribution in [1.82, 2.24) is 19.9 Å². The molecule has 0 saturated heterocycles. The van der Waals surface area contributed by atoms with Crippen molar-refractivity contribution >= 4 is 16.9 Å². The number of amides is 1. The van der Waals surface area contributed by atoms with Gasteiger partial charge in [-0.2, -0.15) is 0 Å². The Bertz CT molecular complexity index is 1150. The second-order valence-electron chi connectivity index (χ2n) is 7.62. The summed E-state index contributed by atoms with van der Waals surface area (Å²) in [7, 11) is 0. The number of hydrogen-bond acceptors (Lipinski definition) is 4. The van der Waals surface area contributed by atoms with Crippen LogP contribution in [0, 0.1) is 0 Å². The number of benzene rings is 2. The van der Waals surface area contributed by atoms with Crippen LogP contribution in [0.2, 0.25) is 0 Å². The number of hydrogen-bond donors (Lipinski definition) is 1. The highest BCUT2D eigenvalue weighted by atomic mass is 16.5. The SMILES string of the molecule is CCc1ccc(OCCCCn2c(CNC(=O)c3ccccn3)nc3ccccc32)cc1. The van der Waals surface area contributed by atoms with Crippen molar-refractivity contribution in [2.45, 2.75) is 39.3 Å². The number of ether oxygens (including phenoxy) is 1. The van der Waals surface area contributed by atoms with Gasteiger partial charge in [0.05, 0.1) is 24.2 Å². The Morgan fingerprint density at radius 2 is 1.81 bits per heavy atom. The van der Waals surface area contributed by atoms with Crippen molar-refractivity contribution in [3.63, 3.8) is 0 Å². The summed E-state index contributed by atoms with van der Waals surface area (Å²) in [5.74, 6) is 1.55. The molecule has 2 aromatic carbocycles. The van der Waals surface area contributed by atoms with Gasteiger partial charge in [0.1, 0.15) is 17.3 Å². The predicted molar refractivity (Wildman–Crippen MR) is 126 cm³/mol. The quantitative estimate of drug-likeness (QED) is 0.369. The van der Waals surface area contributed by atoms with E-state index in [-0.39, 0.29) is 5.91 Å². The molecule has 2 heterocycles. The summed E-state index contributed by atoms with van der Waals surface area (Å²) in [4.78, 5) is 21.2. The molecule has 32 heavy (non-hydrogen) atoms. The third-order valence-electron chi connectivity index (χ3n) is 5.41. The van der Waals surface area contributed by atoms with Crippen LogP contribution in [-0.4, -0.2) is 27.0 Å². The number of para-hydroxylation sites is 2. The van der Waals surface area contributed by atoms with Crippen LogP contribution < -0.4 is 10.1 Å². The molecule has 1 amide bonds. The lowest BCUT2D eigenvalue weighted by molar-refractivity contribution is 0.0944. The fourth-order valence-corrected chi connectivity index (χ4v) is 3.64. The number of aromatic nitrogens is 3. The lowest BCUT2D eigenvalue weighted by Gasteiger charge is -2.11. The normalized spacial score (nSPS) is 10.9. The fourth-order valence-electron chi connectivity index (χ4n) is 3.64. The maximum atomic E-state index is 12.4. The second kappa shape index (κ2) is 10.6. The Hall–Kier alpha value is -3.67. The zero-order valence-corrected chi connectivity index (χ0v) is 18.3. The molecule has 164 valence electrons. The number of carbonyl (C=O) groups is 1. The largest absolute Gasteiger partial charge is 0.494 e. The van der Waals surface area contributed by atoms with E-state index in [1.54, 1.807) is 24.4 Å². The minimum Gasteiger partial charge on any atom is -0.494 e. The molecule has 0 unspecified atom stereocenters. The summed E-state index contributed by atoms with van der Waals surface area (Å²) in [6.07, 6.45) is 4.53. The van der Waals surface area contributed by atoms with Crippen molar-refractivity contribution in [3.8, 4) is 5.75 Å². The number of pyridine rings is 1. The van der Waals surface area contributed by atoms with Crippen molar-refractivity contribution in [1.29, 1.82) is 0 Å². The predicted octanol–water partition coefficient (Wildman–Crippen LogP) is 4.78. The highest BCUT2D eigenvalue weighted by molar-refractivity contribution is 5.92. The molecule has 0 bridgehead atoms. The molecule has 0 radical (unpaired) electrons. The first-order chi connectivity index (χ1) is 15.7. The van der Waals surface area contributed by atoms with Gasteiger partial charge in [0.15, 0.2) is 0 Å². The van der Waals surface area contributed by atoms with E-state index in [2.05, 4.69) is 40.0 Å². The number of rotatable bonds is 10. The lowest BCUT2D eigenvalue weighted by Crippen LogP contribution is -2.25. The Balaban J connectivity index is 1.35. The minimum atomic E-state index is -0.202. The Kier molecular flexibility index (Phi) is 7.12. The monoisotopic (exact) mass is 428 g/mol. The van der Waals surface area contributed by atoms with Gasteiger partial charge in [-0.05, 0) is 61.2 Å². The Morgan fingerprint density at radius 1 is 1.00 bits per heavy atom. The van der Waals surface area contributed by atoms with Gasteiger partial charge in [0.2, 0.25) is 0 Å². The third-order valence-corrected chi connectivity index (χ3v) is 5.41. The summed E-state index contributed by atoms with van der Waals surface area (Å²) in [5, 5.41) is 2.94. The van der Waals surface area contributed by atoms with E-state index >= 15 is 0 Å². The first-order valence-corrected chi connectivity index (χ1v) is 11.1. The van der Waals surface area contributed by atoms with Gasteiger partial charge in [-0.1, -0.05) is 37.3 Å². The minimum absolute atomic E-state index is 0.202. The maximum absolute atomic E-state index is 12.4. The van der Waals surface area contributed by atoms with Gasteiger partial charge in [0.25, 0.3) is 5.91 Å². The summed E-state index contributed by atoms with van der Waals surface area (Å²) in [5.41, 5.74) is 3.72. The van der Waals surface area contributed by atoms with E-state index in [1.807, 2.05) is 30.3 Å². The van der Waals surface area contributed by atoms with Crippen molar-refractivity contribution in [3.05, 3.63) is 90.0 Å². The molecule has 1 N–H and O–H groups in total. The zero-order chi connectivity index (χ0) is 22.2. The molecule has 0 aliphatic heterocycles. The molecule has 0 spiro atoms. The van der Waals surface area contributed by atoms with E-state index in [0.717, 1.165) is 48.4 Å². The molecule has 6 heteroatoms.